The van der Waals surface area contributed by atoms with Crippen LogP contribution in [-0.2, 0) is 42.8 Å². The fourth-order valence-corrected chi connectivity index (χ4v) is 9.40. The largest absolute Gasteiger partial charge is 0.467 e. The van der Waals surface area contributed by atoms with Gasteiger partial charge in [0.2, 0.25) is 0 Å². The van der Waals surface area contributed by atoms with Crippen molar-refractivity contribution in [3.8, 4) is 0 Å². The number of carbonyl (C=O) groups excluding carboxylic acids is 6. The number of rotatable bonds is 7. The number of aromatic nitrogens is 2. The van der Waals surface area contributed by atoms with E-state index in [0.29, 0.717) is 25.7 Å². The van der Waals surface area contributed by atoms with Gasteiger partial charge in [0, 0.05) is 17.9 Å². The summed E-state index contributed by atoms with van der Waals surface area (Å²) >= 11 is 0. The van der Waals surface area contributed by atoms with Crippen LogP contribution in [-0.4, -0.2) is 116 Å². The van der Waals surface area contributed by atoms with Gasteiger partial charge in [0.25, 0.3) is 0 Å². The maximum atomic E-state index is 14.1. The van der Waals surface area contributed by atoms with E-state index in [0.717, 1.165) is 21.3 Å². The monoisotopic (exact) mass is 630 g/mol. The number of hydrogen-bond donors (Lipinski definition) is 0. The normalized spacial score (nSPS) is 32.2. The molecule has 0 amide bonds. The van der Waals surface area contributed by atoms with Gasteiger partial charge < -0.3 is 28.4 Å². The predicted molar refractivity (Wildman–Crippen MR) is 146 cm³/mol. The first-order valence-electron chi connectivity index (χ1n) is 14.4. The Morgan fingerprint density at radius 2 is 1.31 bits per heavy atom. The van der Waals surface area contributed by atoms with Gasteiger partial charge in [-0.1, -0.05) is 6.92 Å². The van der Waals surface area contributed by atoms with Crippen LogP contribution in [0.1, 0.15) is 70.0 Å². The smallest absolute Gasteiger partial charge is 0.359 e. The second kappa shape index (κ2) is 10.3. The second-order valence-corrected chi connectivity index (χ2v) is 11.9. The van der Waals surface area contributed by atoms with Crippen LogP contribution >= 0.6 is 0 Å². The van der Waals surface area contributed by atoms with Gasteiger partial charge in [-0.3, -0.25) is 9.69 Å². The summed E-state index contributed by atoms with van der Waals surface area (Å²) in [7, 11) is 6.96. The molecule has 0 N–H and O–H groups in total. The van der Waals surface area contributed by atoms with Crippen molar-refractivity contribution in [2.45, 2.75) is 56.3 Å². The highest BCUT2D eigenvalue weighted by atomic mass is 16.5. The van der Waals surface area contributed by atoms with Gasteiger partial charge in [0.05, 0.1) is 54.7 Å². The Kier molecular flexibility index (Phi) is 6.98. The Hall–Kier alpha value is -4.47. The van der Waals surface area contributed by atoms with E-state index in [2.05, 4.69) is 5.10 Å². The summed E-state index contributed by atoms with van der Waals surface area (Å²) in [6.07, 6.45) is 1.78. The molecule has 6 aliphatic rings. The van der Waals surface area contributed by atoms with Crippen molar-refractivity contribution in [1.82, 2.24) is 19.8 Å². The molecule has 2 aliphatic carbocycles. The van der Waals surface area contributed by atoms with E-state index in [-0.39, 0.29) is 23.0 Å². The number of methoxy groups -OCH3 is 6. The molecule has 1 aromatic rings. The highest BCUT2D eigenvalue weighted by Crippen LogP contribution is 2.74. The molecule has 0 aromatic carbocycles. The minimum atomic E-state index is -1.69. The lowest BCUT2D eigenvalue weighted by Gasteiger charge is -2.63. The van der Waals surface area contributed by atoms with E-state index in [1.807, 2.05) is 11.9 Å². The molecule has 2 saturated carbocycles. The van der Waals surface area contributed by atoms with E-state index in [1.165, 1.54) is 26.0 Å². The maximum Gasteiger partial charge on any atom is 0.359 e. The summed E-state index contributed by atoms with van der Waals surface area (Å²) < 4.78 is 31.9. The minimum absolute atomic E-state index is 0.110. The average molecular weight is 631 g/mol. The van der Waals surface area contributed by atoms with Crippen molar-refractivity contribution in [3.05, 3.63) is 28.2 Å². The summed E-state index contributed by atoms with van der Waals surface area (Å²) in [5, 5.41) is 7.98. The van der Waals surface area contributed by atoms with Crippen LogP contribution in [0.15, 0.2) is 11.3 Å². The lowest BCUT2D eigenvalue weighted by atomic mass is 9.48. The van der Waals surface area contributed by atoms with Crippen LogP contribution in [0.4, 0.5) is 0 Å². The zero-order valence-electron chi connectivity index (χ0n) is 25.9. The third kappa shape index (κ3) is 3.42. The summed E-state index contributed by atoms with van der Waals surface area (Å²) in [6.45, 7) is 2.03. The molecule has 7 rings (SSSR count). The van der Waals surface area contributed by atoms with Crippen LogP contribution in [0.2, 0.25) is 0 Å². The highest BCUT2D eigenvalue weighted by Gasteiger charge is 2.84. The molecule has 16 heteroatoms. The Balaban J connectivity index is 1.64. The third-order valence-corrected chi connectivity index (χ3v) is 10.7. The lowest BCUT2D eigenvalue weighted by Crippen LogP contribution is -2.70. The molecular weight excluding hydrogens is 596 g/mol. The second-order valence-electron chi connectivity index (χ2n) is 11.9. The summed E-state index contributed by atoms with van der Waals surface area (Å²) in [5.41, 5.74) is -3.73. The van der Waals surface area contributed by atoms with Crippen LogP contribution in [0, 0.1) is 17.3 Å². The number of esters is 6. The number of fused-ring (bicyclic) bond motifs is 2. The van der Waals surface area contributed by atoms with Gasteiger partial charge >= 0.3 is 35.8 Å². The minimum Gasteiger partial charge on any atom is -0.467 e. The molecule has 45 heavy (non-hydrogen) atoms. The van der Waals surface area contributed by atoms with Crippen molar-refractivity contribution in [2.75, 3.05) is 42.7 Å². The molecule has 0 unspecified atom stereocenters. The Morgan fingerprint density at radius 1 is 0.711 bits per heavy atom. The van der Waals surface area contributed by atoms with Crippen molar-refractivity contribution in [1.29, 1.82) is 0 Å². The first-order chi connectivity index (χ1) is 21.5. The zero-order chi connectivity index (χ0) is 32.7. The first-order valence-corrected chi connectivity index (χ1v) is 14.4. The molecule has 5 fully saturated rings. The van der Waals surface area contributed by atoms with Gasteiger partial charge in [0.15, 0.2) is 22.6 Å². The van der Waals surface area contributed by atoms with Gasteiger partial charge in [-0.15, -0.1) is 0 Å². The Labute approximate surface area is 257 Å². The number of nitrogens with zero attached hydrogens (tertiary/aromatic N) is 4. The zero-order valence-corrected chi connectivity index (χ0v) is 25.9. The quantitative estimate of drug-likeness (QED) is 0.298. The van der Waals surface area contributed by atoms with Crippen LogP contribution in [0.5, 0.6) is 0 Å². The van der Waals surface area contributed by atoms with Crippen molar-refractivity contribution in [3.63, 3.8) is 0 Å². The van der Waals surface area contributed by atoms with Crippen LogP contribution in [0.3, 0.4) is 0 Å². The van der Waals surface area contributed by atoms with Gasteiger partial charge in [-0.05, 0) is 31.1 Å². The third-order valence-electron chi connectivity index (χ3n) is 10.7. The summed E-state index contributed by atoms with van der Waals surface area (Å²) in [6, 6.07) is -1.50. The van der Waals surface area contributed by atoms with E-state index in [9.17, 15) is 28.8 Å². The highest BCUT2D eigenvalue weighted by molar-refractivity contribution is 6.10. The molecule has 3 saturated heterocycles. The topological polar surface area (TPSA) is 182 Å². The SMILES string of the molecule is COC(=O)C1=C(C(=O)OC)[C@]2(C(=O)OC)[C@@H]3CC[C@H](n4nc(C(=O)OC)c(C(=O)OC)c4C(=O)OC)[C@@H]4[C@H]5CC[C@H](N2N15)[C@@]43C. The average Bonchev–Trinajstić information content (AvgIpc) is 3.68. The molecule has 16 nitrogen and oxygen atoms in total. The fourth-order valence-electron chi connectivity index (χ4n) is 9.40. The lowest BCUT2D eigenvalue weighted by molar-refractivity contribution is -0.209. The van der Waals surface area contributed by atoms with E-state index in [1.54, 1.807) is 5.01 Å². The molecular formula is C29H34N4O12. The van der Waals surface area contributed by atoms with Crippen molar-refractivity contribution >= 4 is 35.8 Å². The standard InChI is InChI=1S/C29H34N4O12/c1-28-14-10-8-12(31-20(25(37)43-5)16(22(34)40-2)19(30-31)24(36)42-4)17(28)13-9-11-15(28)33-29(14,27(39)45-7)18(23(35)41-3)21(32(13)33)26(38)44-6/h12-15,17H,8-11H2,1-7H3/t12-,13+,14+,15-,17+,28-,29-/m0/s1. The molecule has 5 heterocycles. The van der Waals surface area contributed by atoms with Gasteiger partial charge in [-0.2, -0.15) is 10.1 Å². The molecule has 0 radical (unpaired) electrons. The summed E-state index contributed by atoms with van der Waals surface area (Å²) in [4.78, 5) is 80.3. The van der Waals surface area contributed by atoms with Crippen molar-refractivity contribution < 1.29 is 57.2 Å². The van der Waals surface area contributed by atoms with Gasteiger partial charge in [0.1, 0.15) is 11.1 Å². The van der Waals surface area contributed by atoms with Crippen LogP contribution in [0.25, 0.3) is 0 Å². The number of ether oxygens (including phenoxy) is 6. The molecule has 7 atom stereocenters. The van der Waals surface area contributed by atoms with E-state index >= 15 is 0 Å². The fraction of sp³-hybridized carbons (Fsp3) is 0.621. The van der Waals surface area contributed by atoms with Crippen LogP contribution < -0.4 is 0 Å². The molecule has 1 aromatic heterocycles. The van der Waals surface area contributed by atoms with E-state index in [4.69, 9.17) is 28.4 Å². The molecule has 4 bridgehead atoms. The molecule has 4 aliphatic heterocycles. The number of hydrogen-bond acceptors (Lipinski definition) is 15. The predicted octanol–water partition coefficient (Wildman–Crippen LogP) is 0.419. The molecule has 242 valence electrons. The van der Waals surface area contributed by atoms with Gasteiger partial charge in [-0.25, -0.2) is 28.8 Å². The summed E-state index contributed by atoms with van der Waals surface area (Å²) in [5.74, 6) is -6.21. The Morgan fingerprint density at radius 3 is 1.89 bits per heavy atom. The van der Waals surface area contributed by atoms with Crippen molar-refractivity contribution in [2.24, 2.45) is 17.3 Å². The molecule has 0 spiro atoms. The Bertz CT molecular complexity index is 1580. The maximum absolute atomic E-state index is 14.1. The number of hydrazine groups is 1. The number of carbonyl (C=O) groups is 6. The van der Waals surface area contributed by atoms with E-state index < -0.39 is 81.9 Å². The first kappa shape index (κ1) is 30.6.